The topological polar surface area (TPSA) is 32.7 Å². The quantitative estimate of drug-likeness (QED) is 0.364. The zero-order chi connectivity index (χ0) is 24.4. The highest BCUT2D eigenvalue weighted by Crippen LogP contribution is 2.46. The largest absolute Gasteiger partial charge is 0.508 e. The molecule has 0 bridgehead atoms. The molecule has 0 amide bonds. The number of phenolic OH excluding ortho intramolecular Hbond substituents is 1. The lowest BCUT2D eigenvalue weighted by atomic mass is 9.89. The standard InChI is InChI=1S/C29H29ClFNO2S/c1-19-3-9-24(27(30)15-19)26-18-35-28-16-21(33)6-10-25(28)29(26)20-4-7-22(8-5-20)34-23-11-14-32(17-23)13-2-12-31/h3-10,15-16,23,33H,2,11-14,17-18H2,1H3/t23-/m0/s1. The number of fused-ring (bicyclic) bond motifs is 1. The van der Waals surface area contributed by atoms with Crippen LogP contribution in [-0.4, -0.2) is 48.2 Å². The van der Waals surface area contributed by atoms with E-state index < -0.39 is 0 Å². The van der Waals surface area contributed by atoms with Crippen molar-refractivity contribution >= 4 is 34.5 Å². The second-order valence-electron chi connectivity index (χ2n) is 9.20. The van der Waals surface area contributed by atoms with E-state index in [2.05, 4.69) is 29.2 Å². The van der Waals surface area contributed by atoms with Crippen LogP contribution >= 0.6 is 23.4 Å². The van der Waals surface area contributed by atoms with E-state index in [4.69, 9.17) is 16.3 Å². The number of alkyl halides is 1. The van der Waals surface area contributed by atoms with Gasteiger partial charge in [-0.2, -0.15) is 0 Å². The zero-order valence-corrected chi connectivity index (χ0v) is 21.3. The third kappa shape index (κ3) is 5.37. The van der Waals surface area contributed by atoms with Crippen molar-refractivity contribution in [2.45, 2.75) is 30.8 Å². The van der Waals surface area contributed by atoms with E-state index in [-0.39, 0.29) is 18.5 Å². The first kappa shape index (κ1) is 24.2. The van der Waals surface area contributed by atoms with E-state index in [9.17, 15) is 9.50 Å². The molecule has 0 radical (unpaired) electrons. The summed E-state index contributed by atoms with van der Waals surface area (Å²) in [5.41, 5.74) is 6.68. The highest BCUT2D eigenvalue weighted by molar-refractivity contribution is 7.99. The minimum atomic E-state index is -0.267. The summed E-state index contributed by atoms with van der Waals surface area (Å²) in [7, 11) is 0. The molecular formula is C29H29ClFNO2S. The van der Waals surface area contributed by atoms with Crippen LogP contribution in [0.1, 0.15) is 35.1 Å². The Kier molecular flexibility index (Phi) is 7.37. The third-order valence-corrected chi connectivity index (χ3v) is 8.04. The summed E-state index contributed by atoms with van der Waals surface area (Å²) in [6.07, 6.45) is 1.68. The minimum Gasteiger partial charge on any atom is -0.508 e. The van der Waals surface area contributed by atoms with Crippen molar-refractivity contribution in [2.24, 2.45) is 0 Å². The molecule has 5 rings (SSSR count). The normalized spacial score (nSPS) is 18.1. The van der Waals surface area contributed by atoms with Gasteiger partial charge in [0.2, 0.25) is 0 Å². The molecule has 1 fully saturated rings. The number of nitrogens with zero attached hydrogens (tertiary/aromatic N) is 1. The second kappa shape index (κ2) is 10.7. The average Bonchev–Trinajstić information content (AvgIpc) is 3.30. The number of rotatable bonds is 7. The van der Waals surface area contributed by atoms with Crippen molar-refractivity contribution in [1.82, 2.24) is 4.90 Å². The van der Waals surface area contributed by atoms with Crippen LogP contribution in [0.5, 0.6) is 11.5 Å². The molecule has 0 spiro atoms. The monoisotopic (exact) mass is 509 g/mol. The van der Waals surface area contributed by atoms with E-state index in [1.165, 1.54) is 5.57 Å². The SMILES string of the molecule is Cc1ccc(C2=C(c3ccc(O[C@H]4CCN(CCCF)C4)cc3)c3ccc(O)cc3SC2)c(Cl)c1. The third-order valence-electron chi connectivity index (χ3n) is 6.64. The van der Waals surface area contributed by atoms with Gasteiger partial charge in [-0.25, -0.2) is 0 Å². The first-order chi connectivity index (χ1) is 17.0. The van der Waals surface area contributed by atoms with Crippen LogP contribution in [0, 0.1) is 6.92 Å². The summed E-state index contributed by atoms with van der Waals surface area (Å²) in [6, 6.07) is 20.0. The summed E-state index contributed by atoms with van der Waals surface area (Å²) in [4.78, 5) is 3.33. The fraction of sp³-hybridized carbons (Fsp3) is 0.310. The number of ether oxygens (including phenoxy) is 1. The predicted molar refractivity (Wildman–Crippen MR) is 143 cm³/mol. The molecule has 182 valence electrons. The highest BCUT2D eigenvalue weighted by Gasteiger charge is 2.25. The Morgan fingerprint density at radius 2 is 1.89 bits per heavy atom. The Labute approximate surface area is 215 Å². The van der Waals surface area contributed by atoms with E-state index in [1.54, 1.807) is 17.8 Å². The lowest BCUT2D eigenvalue weighted by Gasteiger charge is -2.25. The van der Waals surface area contributed by atoms with Gasteiger partial charge in [0.1, 0.15) is 17.6 Å². The van der Waals surface area contributed by atoms with Crippen molar-refractivity contribution < 1.29 is 14.2 Å². The van der Waals surface area contributed by atoms with Crippen molar-refractivity contribution in [3.63, 3.8) is 0 Å². The number of benzene rings is 3. The lowest BCUT2D eigenvalue weighted by molar-refractivity contribution is 0.198. The maximum absolute atomic E-state index is 12.5. The van der Waals surface area contributed by atoms with Crippen LogP contribution in [0.4, 0.5) is 4.39 Å². The molecule has 0 aromatic heterocycles. The number of hydrogen-bond acceptors (Lipinski definition) is 4. The smallest absolute Gasteiger partial charge is 0.119 e. The van der Waals surface area contributed by atoms with Crippen LogP contribution in [0.2, 0.25) is 5.02 Å². The zero-order valence-electron chi connectivity index (χ0n) is 19.8. The van der Waals surface area contributed by atoms with E-state index in [0.29, 0.717) is 6.42 Å². The van der Waals surface area contributed by atoms with Crippen LogP contribution in [-0.2, 0) is 0 Å². The number of aromatic hydroxyl groups is 1. The fourth-order valence-corrected chi connectivity index (χ4v) is 6.38. The van der Waals surface area contributed by atoms with Crippen molar-refractivity contribution in [3.8, 4) is 11.5 Å². The molecule has 2 heterocycles. The first-order valence-electron chi connectivity index (χ1n) is 12.0. The summed E-state index contributed by atoms with van der Waals surface area (Å²) < 4.78 is 18.7. The van der Waals surface area contributed by atoms with Gasteiger partial charge >= 0.3 is 0 Å². The van der Waals surface area contributed by atoms with Crippen molar-refractivity contribution in [1.29, 1.82) is 0 Å². The number of phenols is 1. The summed E-state index contributed by atoms with van der Waals surface area (Å²) in [6.45, 7) is 4.37. The van der Waals surface area contributed by atoms with Gasteiger partial charge in [-0.3, -0.25) is 9.29 Å². The van der Waals surface area contributed by atoms with Crippen LogP contribution in [0.3, 0.4) is 0 Å². The van der Waals surface area contributed by atoms with Gasteiger partial charge in [0.25, 0.3) is 0 Å². The molecular weight excluding hydrogens is 481 g/mol. The maximum Gasteiger partial charge on any atom is 0.119 e. The number of halogens is 2. The van der Waals surface area contributed by atoms with Gasteiger partial charge in [-0.05, 0) is 89.6 Å². The first-order valence-corrected chi connectivity index (χ1v) is 13.4. The Morgan fingerprint density at radius 1 is 1.09 bits per heavy atom. The van der Waals surface area contributed by atoms with Gasteiger partial charge in [0.05, 0.1) is 6.67 Å². The Bertz CT molecular complexity index is 1240. The summed E-state index contributed by atoms with van der Waals surface area (Å²) in [5.74, 6) is 1.88. The van der Waals surface area contributed by atoms with Crippen molar-refractivity contribution in [3.05, 3.63) is 87.9 Å². The molecule has 2 aliphatic rings. The van der Waals surface area contributed by atoms with Gasteiger partial charge in [-0.15, -0.1) is 11.8 Å². The number of thioether (sulfide) groups is 1. The van der Waals surface area contributed by atoms with Crippen molar-refractivity contribution in [2.75, 3.05) is 32.1 Å². The van der Waals surface area contributed by atoms with E-state index in [1.807, 2.05) is 37.3 Å². The molecule has 3 aromatic rings. The second-order valence-corrected chi connectivity index (χ2v) is 10.6. The van der Waals surface area contributed by atoms with Crippen LogP contribution < -0.4 is 4.74 Å². The Morgan fingerprint density at radius 3 is 2.66 bits per heavy atom. The molecule has 3 nitrogen and oxygen atoms in total. The molecule has 1 saturated heterocycles. The molecule has 3 aromatic carbocycles. The van der Waals surface area contributed by atoms with Gasteiger partial charge in [-0.1, -0.05) is 35.9 Å². The molecule has 6 heteroatoms. The molecule has 1 N–H and O–H groups in total. The Hall–Kier alpha value is -2.47. The molecule has 2 aliphatic heterocycles. The molecule has 35 heavy (non-hydrogen) atoms. The number of hydrogen-bond donors (Lipinski definition) is 1. The van der Waals surface area contributed by atoms with E-state index >= 15 is 0 Å². The van der Waals surface area contributed by atoms with Gasteiger partial charge < -0.3 is 9.84 Å². The van der Waals surface area contributed by atoms with Gasteiger partial charge in [0.15, 0.2) is 0 Å². The fourth-order valence-electron chi connectivity index (χ4n) is 4.90. The van der Waals surface area contributed by atoms with Crippen LogP contribution in [0.15, 0.2) is 65.6 Å². The average molecular weight is 510 g/mol. The molecule has 0 aliphatic carbocycles. The number of likely N-dealkylation sites (tertiary alicyclic amines) is 1. The molecule has 0 saturated carbocycles. The number of aryl methyl sites for hydroxylation is 1. The maximum atomic E-state index is 12.5. The van der Waals surface area contributed by atoms with Crippen LogP contribution in [0.25, 0.3) is 11.1 Å². The molecule has 1 atom stereocenters. The van der Waals surface area contributed by atoms with E-state index in [0.717, 1.165) is 75.3 Å². The Balaban J connectivity index is 1.46. The predicted octanol–water partition coefficient (Wildman–Crippen LogP) is 7.23. The van der Waals surface area contributed by atoms with Gasteiger partial charge in [0, 0.05) is 35.3 Å². The summed E-state index contributed by atoms with van der Waals surface area (Å²) >= 11 is 8.42. The summed E-state index contributed by atoms with van der Waals surface area (Å²) in [5, 5.41) is 10.8. The molecule has 0 unspecified atom stereocenters. The lowest BCUT2D eigenvalue weighted by Crippen LogP contribution is -2.26. The highest BCUT2D eigenvalue weighted by atomic mass is 35.5. The minimum absolute atomic E-state index is 0.136.